The summed E-state index contributed by atoms with van der Waals surface area (Å²) in [6, 6.07) is 31.8. The van der Waals surface area contributed by atoms with Crippen molar-refractivity contribution in [2.24, 2.45) is 23.7 Å². The molecule has 4 atom stereocenters. The number of sulfone groups is 2. The van der Waals surface area contributed by atoms with Gasteiger partial charge in [-0.05, 0) is 180 Å². The molecule has 0 bridgehead atoms. The van der Waals surface area contributed by atoms with Crippen LogP contribution in [-0.2, 0) is 58.6 Å². The zero-order valence-electron chi connectivity index (χ0n) is 72.0. The molecule has 33 heteroatoms. The van der Waals surface area contributed by atoms with Crippen LogP contribution in [0.25, 0.3) is 43.6 Å². The van der Waals surface area contributed by atoms with Crippen molar-refractivity contribution in [3.05, 3.63) is 194 Å². The summed E-state index contributed by atoms with van der Waals surface area (Å²) in [5, 5.41) is 17.4. The van der Waals surface area contributed by atoms with Crippen LogP contribution in [0.1, 0.15) is 200 Å². The quantitative estimate of drug-likeness (QED) is 0.0516. The number of nitrogens with zero attached hydrogens (tertiary/aromatic N) is 15. The highest BCUT2D eigenvalue weighted by molar-refractivity contribution is 7.98. The maximum absolute atomic E-state index is 12.3. The van der Waals surface area contributed by atoms with Gasteiger partial charge in [0.1, 0.15) is 0 Å². The number of ketones is 4. The van der Waals surface area contributed by atoms with Crippen LogP contribution in [0.5, 0.6) is 0 Å². The number of hydrogen-bond donors (Lipinski definition) is 2. The molecule has 0 amide bonds. The minimum Gasteiger partial charge on any atom is -0.392 e. The van der Waals surface area contributed by atoms with Gasteiger partial charge in [0.15, 0.2) is 48.5 Å². The van der Waals surface area contributed by atoms with Crippen LogP contribution in [0.15, 0.2) is 135 Å². The number of aryl methyl sites for hydroxylation is 3. The van der Waals surface area contributed by atoms with E-state index in [1.54, 1.807) is 61.5 Å². The first-order chi connectivity index (χ1) is 57.5. The first-order valence-corrected chi connectivity index (χ1v) is 47.0. The van der Waals surface area contributed by atoms with E-state index in [4.69, 9.17) is 11.6 Å². The number of carbonyl (C=O) groups excluding carboxylic acids is 4. The third kappa shape index (κ3) is 19.1. The molecule has 2 unspecified atom stereocenters. The van der Waals surface area contributed by atoms with Crippen LogP contribution in [-0.4, -0.2) is 154 Å². The number of aliphatic hydroxyl groups is 1. The highest BCUT2D eigenvalue weighted by Gasteiger charge is 2.40. The van der Waals surface area contributed by atoms with Crippen molar-refractivity contribution in [2.75, 3.05) is 65.9 Å². The van der Waals surface area contributed by atoms with Crippen molar-refractivity contribution in [1.29, 1.82) is 0 Å². The van der Waals surface area contributed by atoms with Crippen LogP contribution in [0, 0.1) is 44.4 Å². The number of carbonyl (C=O) groups is 4. The zero-order valence-corrected chi connectivity index (χ0v) is 76.0. The third-order valence-corrected chi connectivity index (χ3v) is 26.6. The summed E-state index contributed by atoms with van der Waals surface area (Å²) in [7, 11) is -6.74. The molecule has 122 heavy (non-hydrogen) atoms. The van der Waals surface area contributed by atoms with Crippen molar-refractivity contribution in [3.8, 4) is 0 Å². The van der Waals surface area contributed by atoms with E-state index in [1.807, 2.05) is 38.6 Å². The summed E-state index contributed by atoms with van der Waals surface area (Å²) >= 11 is 8.79. The molecule has 0 radical (unpaired) electrons. The van der Waals surface area contributed by atoms with Gasteiger partial charge in [-0.2, -0.15) is 13.2 Å². The summed E-state index contributed by atoms with van der Waals surface area (Å²) in [5.41, 5.74) is 11.7. The van der Waals surface area contributed by atoms with Gasteiger partial charge in [-0.1, -0.05) is 73.6 Å². The van der Waals surface area contributed by atoms with E-state index in [9.17, 15) is 54.3 Å². The summed E-state index contributed by atoms with van der Waals surface area (Å²) in [6.07, 6.45) is 7.59. The second-order valence-corrected chi connectivity index (χ2v) is 38.7. The fourth-order valence-corrected chi connectivity index (χ4v) is 19.6. The predicted molar refractivity (Wildman–Crippen MR) is 476 cm³/mol. The van der Waals surface area contributed by atoms with E-state index in [-0.39, 0.29) is 58.8 Å². The van der Waals surface area contributed by atoms with Crippen LogP contribution in [0.4, 0.5) is 31.0 Å². The average molecular weight is 1760 g/mol. The number of benzene rings is 4. The summed E-state index contributed by atoms with van der Waals surface area (Å²) in [5.74, 6) is 2.59. The van der Waals surface area contributed by atoms with Crippen LogP contribution < -0.4 is 20.0 Å². The van der Waals surface area contributed by atoms with Gasteiger partial charge in [0.25, 0.3) is 0 Å². The Kier molecular flexibility index (Phi) is 27.6. The Balaban J connectivity index is 0.000000143. The highest BCUT2D eigenvalue weighted by atomic mass is 35.5. The molecular formula is C89H104ClF3N16O9S4. The second-order valence-electron chi connectivity index (χ2n) is 32.6. The molecule has 0 spiro atoms. The van der Waals surface area contributed by atoms with Crippen LogP contribution in [0.2, 0.25) is 5.28 Å². The van der Waals surface area contributed by atoms with Gasteiger partial charge in [-0.15, -0.1) is 23.5 Å². The first-order valence-electron chi connectivity index (χ1n) is 40.4. The molecule has 12 aromatic rings. The standard InChI is InChI=1S/C23H28N4O4S.C22H26N4O3S.C22H26N4OS.C15H20N2S.C7H4ClF3N2O/c1-13(2)22-20-9-16-8-17(12-28)21(32(5,30)31)10-19(16)26(20)6-7-27(22)23-24-11-18(15(4)29)14(3)25-23;1-13(2)21-20-10-16-6-7-17(30(5,28)29)11-19(16)25(20)8-9-26(21)22-23-12-18(15(4)27)14(3)24-22;1-13(2)21-20-10-16-6-7-17(28-5)11-19(16)25(20)8-9-26(21)22-23-12-18(15(4)27)14(3)24-22;1-10(2)15-14-8-11-4-5-12(18-3)9-13(11)17(14)7-6-16-15;1-3(14)4-2-12-6(8)13-5(4)7(9,10)11/h8-11,13,22,28H,6-7,12H2,1-5H3;6-7,10-13,21H,8-9H2,1-5H3;6-7,10-13,21H,8-9H2,1-5H3;4-5,8-10,15-16H,6-7H2,1-3H3;2H,1H3/t22-;21-;;;/m01.../s1. The number of halogens is 4. The number of Topliss-reactive ketones (excluding diaryl/α,β-unsaturated/α-hetero) is 4. The number of fused-ring (bicyclic) bond motifs is 12. The molecule has 0 saturated heterocycles. The Bertz CT molecular complexity index is 6280. The maximum Gasteiger partial charge on any atom is 0.434 e. The smallest absolute Gasteiger partial charge is 0.392 e. The fraction of sp³-hybridized carbons (Fsp3) is 0.416. The molecular weight excluding hydrogens is 1660 g/mol. The average Bonchev–Trinajstić information content (AvgIpc) is 1.59. The number of aliphatic hydroxyl groups excluding tert-OH is 1. The topological polar surface area (TPSA) is 301 Å². The van der Waals surface area contributed by atoms with E-state index in [1.165, 1.54) is 63.1 Å². The molecule has 2 N–H and O–H groups in total. The Morgan fingerprint density at radius 1 is 0.475 bits per heavy atom. The van der Waals surface area contributed by atoms with Gasteiger partial charge in [-0.25, -0.2) is 56.7 Å². The molecule has 4 aromatic carbocycles. The van der Waals surface area contributed by atoms with Gasteiger partial charge in [0, 0.05) is 166 Å². The van der Waals surface area contributed by atoms with Gasteiger partial charge in [0.05, 0.1) is 73.9 Å². The first kappa shape index (κ1) is 91.3. The number of alkyl halides is 3. The highest BCUT2D eigenvalue weighted by Crippen LogP contribution is 2.44. The molecule has 646 valence electrons. The number of hydrogen-bond acceptors (Lipinski definition) is 23. The summed E-state index contributed by atoms with van der Waals surface area (Å²) < 4.78 is 94.8. The minimum atomic E-state index is -4.70. The number of nitrogens with one attached hydrogen (secondary N) is 1. The Labute approximate surface area is 723 Å². The lowest BCUT2D eigenvalue weighted by atomic mass is 9.97. The van der Waals surface area contributed by atoms with E-state index in [0.717, 1.165) is 84.4 Å². The zero-order chi connectivity index (χ0) is 88.8. The van der Waals surface area contributed by atoms with Crippen molar-refractivity contribution in [2.45, 2.75) is 187 Å². The molecule has 8 aromatic heterocycles. The fourth-order valence-electron chi connectivity index (χ4n) is 17.0. The van der Waals surface area contributed by atoms with Crippen molar-refractivity contribution < 1.29 is 54.3 Å². The van der Waals surface area contributed by atoms with Gasteiger partial charge in [-0.3, -0.25) is 19.2 Å². The molecule has 25 nitrogen and oxygen atoms in total. The lowest BCUT2D eigenvalue weighted by Crippen LogP contribution is -2.41. The Hall–Kier alpha value is -9.96. The normalized spacial score (nSPS) is 16.5. The molecule has 0 saturated carbocycles. The molecule has 0 fully saturated rings. The largest absolute Gasteiger partial charge is 0.434 e. The van der Waals surface area contributed by atoms with E-state index in [2.05, 4.69) is 207 Å². The number of aromatic nitrogens is 12. The predicted octanol–water partition coefficient (Wildman–Crippen LogP) is 17.5. The Morgan fingerprint density at radius 3 is 1.20 bits per heavy atom. The number of anilines is 3. The van der Waals surface area contributed by atoms with E-state index in [0.29, 0.717) is 100 Å². The molecule has 12 heterocycles. The van der Waals surface area contributed by atoms with Gasteiger partial charge in [0.2, 0.25) is 23.1 Å². The lowest BCUT2D eigenvalue weighted by molar-refractivity contribution is -0.141. The van der Waals surface area contributed by atoms with E-state index < -0.39 is 48.2 Å². The number of rotatable bonds is 16. The Morgan fingerprint density at radius 2 is 0.844 bits per heavy atom. The van der Waals surface area contributed by atoms with Crippen LogP contribution >= 0.6 is 35.1 Å². The van der Waals surface area contributed by atoms with Gasteiger partial charge >= 0.3 is 6.18 Å². The van der Waals surface area contributed by atoms with Crippen molar-refractivity contribution in [3.63, 3.8) is 0 Å². The SMILES string of the molecule is CC(=O)c1cnc(Cl)nc1C(F)(F)F.CC(=O)c1cnc(N2CCn3c(cc4cc(CO)c(S(C)(=O)=O)cc43)[C@@H]2C(C)C)nc1C.CC(=O)c1cnc(N2CCn3c(cc4ccc(S(C)(=O)=O)cc43)[C@H]2C(C)C)nc1C.CSc1ccc2cc3n(c2c1)CCN(c1ncc(C(C)=O)c(C)n1)C3C(C)C.CSc1ccc2cc3n(c2c1)CCNC3C(C)C. The maximum atomic E-state index is 12.3. The van der Waals surface area contributed by atoms with Crippen LogP contribution in [0.3, 0.4) is 0 Å². The van der Waals surface area contributed by atoms with Crippen molar-refractivity contribution >= 4 is 139 Å². The van der Waals surface area contributed by atoms with E-state index >= 15 is 0 Å². The molecule has 4 aliphatic rings. The second kappa shape index (κ2) is 36.8. The molecule has 0 aliphatic carbocycles. The van der Waals surface area contributed by atoms with Gasteiger partial charge < -0.3 is 43.4 Å². The van der Waals surface area contributed by atoms with Crippen molar-refractivity contribution in [1.82, 2.24) is 63.5 Å². The summed E-state index contributed by atoms with van der Waals surface area (Å²) in [6.45, 7) is 35.0. The monoisotopic (exact) mass is 1760 g/mol. The molecule has 4 aliphatic heterocycles. The molecule has 16 rings (SSSR count). The minimum absolute atomic E-state index is 0.00725. The number of thioether (sulfide) groups is 2. The third-order valence-electron chi connectivity index (χ3n) is 22.7. The summed E-state index contributed by atoms with van der Waals surface area (Å²) in [4.78, 5) is 89.6. The lowest BCUT2D eigenvalue weighted by Gasteiger charge is -2.39.